The lowest BCUT2D eigenvalue weighted by Gasteiger charge is -2.29. The maximum absolute atomic E-state index is 14.3. The monoisotopic (exact) mass is 376 g/mol. The Kier molecular flexibility index (Phi) is 6.46. The number of hydrogen-bond donors (Lipinski definition) is 0. The van der Waals surface area contributed by atoms with Gasteiger partial charge in [-0.15, -0.1) is 0 Å². The van der Waals surface area contributed by atoms with Gasteiger partial charge in [0.1, 0.15) is 5.82 Å². The Labute approximate surface area is 159 Å². The first kappa shape index (κ1) is 19.8. The van der Waals surface area contributed by atoms with Gasteiger partial charge in [0.25, 0.3) is 0 Å². The summed E-state index contributed by atoms with van der Waals surface area (Å²) in [5.41, 5.74) is 2.25. The number of halogens is 3. The molecule has 0 spiro atoms. The van der Waals surface area contributed by atoms with Gasteiger partial charge in [-0.2, -0.15) is 4.39 Å². The molecule has 0 aliphatic heterocycles. The summed E-state index contributed by atoms with van der Waals surface area (Å²) >= 11 is 0. The second-order valence-electron chi connectivity index (χ2n) is 7.52. The van der Waals surface area contributed by atoms with E-state index in [4.69, 9.17) is 4.74 Å². The molecule has 0 N–H and O–H groups in total. The van der Waals surface area contributed by atoms with Gasteiger partial charge < -0.3 is 4.74 Å². The predicted octanol–water partition coefficient (Wildman–Crippen LogP) is 6.58. The van der Waals surface area contributed by atoms with E-state index in [1.54, 1.807) is 12.1 Å². The third-order valence-corrected chi connectivity index (χ3v) is 5.93. The van der Waals surface area contributed by atoms with Crippen LogP contribution in [-0.2, 0) is 12.8 Å². The molecular weight excluding hydrogens is 349 g/mol. The van der Waals surface area contributed by atoms with Crippen molar-refractivity contribution in [3.63, 3.8) is 0 Å². The Balaban J connectivity index is 1.56. The number of rotatable bonds is 6. The molecular formula is C23H27F3O. The Bertz CT molecular complexity index is 779. The first-order chi connectivity index (χ1) is 13.0. The van der Waals surface area contributed by atoms with Crippen LogP contribution < -0.4 is 4.74 Å². The summed E-state index contributed by atoms with van der Waals surface area (Å²) in [7, 11) is 1.33. The van der Waals surface area contributed by atoms with Crippen molar-refractivity contribution in [2.75, 3.05) is 7.11 Å². The van der Waals surface area contributed by atoms with Gasteiger partial charge in [-0.05, 0) is 85.6 Å². The van der Waals surface area contributed by atoms with Crippen LogP contribution >= 0.6 is 0 Å². The zero-order valence-corrected chi connectivity index (χ0v) is 16.0. The van der Waals surface area contributed by atoms with Crippen LogP contribution in [0.2, 0.25) is 0 Å². The quantitative estimate of drug-likeness (QED) is 0.553. The zero-order chi connectivity index (χ0) is 19.4. The molecule has 146 valence electrons. The van der Waals surface area contributed by atoms with E-state index in [-0.39, 0.29) is 17.5 Å². The van der Waals surface area contributed by atoms with Crippen LogP contribution in [-0.4, -0.2) is 7.11 Å². The Morgan fingerprint density at radius 2 is 1.70 bits per heavy atom. The predicted molar refractivity (Wildman–Crippen MR) is 102 cm³/mol. The molecule has 0 radical (unpaired) electrons. The van der Waals surface area contributed by atoms with Crippen molar-refractivity contribution in [2.24, 2.45) is 5.92 Å². The molecule has 1 aliphatic rings. The van der Waals surface area contributed by atoms with Crippen LogP contribution in [0, 0.1) is 23.4 Å². The minimum absolute atomic E-state index is 0.0437. The smallest absolute Gasteiger partial charge is 0.200 e. The van der Waals surface area contributed by atoms with Crippen LogP contribution in [0.4, 0.5) is 13.2 Å². The third-order valence-electron chi connectivity index (χ3n) is 5.93. The lowest BCUT2D eigenvalue weighted by atomic mass is 9.76. The summed E-state index contributed by atoms with van der Waals surface area (Å²) in [6.07, 6.45) is 6.11. The van der Waals surface area contributed by atoms with Crippen molar-refractivity contribution in [2.45, 2.75) is 57.8 Å². The number of benzene rings is 2. The number of hydrogen-bond acceptors (Lipinski definition) is 1. The van der Waals surface area contributed by atoms with Gasteiger partial charge in [0.15, 0.2) is 11.6 Å². The van der Waals surface area contributed by atoms with Crippen LogP contribution in [0.3, 0.4) is 0 Å². The molecule has 1 fully saturated rings. The highest BCUT2D eigenvalue weighted by Crippen LogP contribution is 2.40. The van der Waals surface area contributed by atoms with E-state index in [0.29, 0.717) is 11.5 Å². The molecule has 3 rings (SSSR count). The van der Waals surface area contributed by atoms with E-state index >= 15 is 0 Å². The topological polar surface area (TPSA) is 9.23 Å². The lowest BCUT2D eigenvalue weighted by Crippen LogP contribution is -2.15. The summed E-state index contributed by atoms with van der Waals surface area (Å²) in [5, 5.41) is 0. The van der Waals surface area contributed by atoms with Gasteiger partial charge in [0.2, 0.25) is 5.82 Å². The molecule has 2 aromatic carbocycles. The van der Waals surface area contributed by atoms with E-state index in [9.17, 15) is 13.2 Å². The summed E-state index contributed by atoms with van der Waals surface area (Å²) in [6.45, 7) is 2.02. The van der Waals surface area contributed by atoms with Gasteiger partial charge in [-0.3, -0.25) is 0 Å². The van der Waals surface area contributed by atoms with E-state index in [1.807, 2.05) is 19.1 Å². The van der Waals surface area contributed by atoms with Crippen LogP contribution in [0.1, 0.15) is 61.6 Å². The maximum Gasteiger partial charge on any atom is 0.200 e. The van der Waals surface area contributed by atoms with E-state index in [2.05, 4.69) is 0 Å². The maximum atomic E-state index is 14.3. The molecule has 0 amide bonds. The van der Waals surface area contributed by atoms with Gasteiger partial charge >= 0.3 is 0 Å². The van der Waals surface area contributed by atoms with Crippen LogP contribution in [0.25, 0.3) is 0 Å². The fourth-order valence-corrected chi connectivity index (χ4v) is 4.15. The first-order valence-corrected chi connectivity index (χ1v) is 9.82. The second kappa shape index (κ2) is 8.81. The summed E-state index contributed by atoms with van der Waals surface area (Å²) in [6, 6.07) is 8.67. The fourth-order valence-electron chi connectivity index (χ4n) is 4.15. The Morgan fingerprint density at radius 3 is 2.33 bits per heavy atom. The van der Waals surface area contributed by atoms with E-state index < -0.39 is 11.6 Å². The second-order valence-corrected chi connectivity index (χ2v) is 7.52. The van der Waals surface area contributed by atoms with Gasteiger partial charge in [0.05, 0.1) is 7.11 Å². The van der Waals surface area contributed by atoms with Gasteiger partial charge in [-0.1, -0.05) is 25.1 Å². The molecule has 1 saturated carbocycles. The molecule has 0 heterocycles. The van der Waals surface area contributed by atoms with Gasteiger partial charge in [0, 0.05) is 0 Å². The van der Waals surface area contributed by atoms with Crippen molar-refractivity contribution in [3.05, 3.63) is 64.5 Å². The molecule has 0 saturated heterocycles. The molecule has 2 aromatic rings. The Morgan fingerprint density at radius 1 is 0.963 bits per heavy atom. The lowest BCUT2D eigenvalue weighted by molar-refractivity contribution is 0.302. The average molecular weight is 376 g/mol. The highest BCUT2D eigenvalue weighted by molar-refractivity contribution is 5.33. The molecule has 1 aliphatic carbocycles. The highest BCUT2D eigenvalue weighted by Gasteiger charge is 2.26. The zero-order valence-electron chi connectivity index (χ0n) is 16.0. The average Bonchev–Trinajstić information content (AvgIpc) is 2.69. The SMILES string of the molecule is CCc1ccc(CCC2CCC(c3ccc(OC)c(F)c3F)CC2)c(F)c1. The van der Waals surface area contributed by atoms with Crippen molar-refractivity contribution < 1.29 is 17.9 Å². The fraction of sp³-hybridized carbons (Fsp3) is 0.478. The first-order valence-electron chi connectivity index (χ1n) is 9.82. The normalized spacial score (nSPS) is 19.9. The van der Waals surface area contributed by atoms with Crippen LogP contribution in [0.5, 0.6) is 5.75 Å². The van der Waals surface area contributed by atoms with Crippen molar-refractivity contribution in [1.29, 1.82) is 0 Å². The molecule has 1 nitrogen and oxygen atoms in total. The standard InChI is InChI=1S/C23H27F3O/c1-3-15-4-10-18(20(24)14-15)11-7-16-5-8-17(9-6-16)19-12-13-21(27-2)23(26)22(19)25/h4,10,12-14,16-17H,3,5-9,11H2,1-2H3. The van der Waals surface area contributed by atoms with Crippen molar-refractivity contribution in [1.82, 2.24) is 0 Å². The van der Waals surface area contributed by atoms with Crippen LogP contribution in [0.15, 0.2) is 30.3 Å². The largest absolute Gasteiger partial charge is 0.494 e. The molecule has 0 aromatic heterocycles. The number of aryl methyl sites for hydroxylation is 2. The third kappa shape index (κ3) is 4.48. The Hall–Kier alpha value is -1.97. The molecule has 0 unspecified atom stereocenters. The minimum atomic E-state index is -0.900. The van der Waals surface area contributed by atoms with Crippen molar-refractivity contribution in [3.8, 4) is 5.75 Å². The van der Waals surface area contributed by atoms with E-state index in [0.717, 1.165) is 56.1 Å². The minimum Gasteiger partial charge on any atom is -0.494 e. The molecule has 4 heteroatoms. The van der Waals surface area contributed by atoms with Crippen molar-refractivity contribution >= 4 is 0 Å². The summed E-state index contributed by atoms with van der Waals surface area (Å²) in [5.74, 6) is -1.29. The van der Waals surface area contributed by atoms with Gasteiger partial charge in [-0.25, -0.2) is 8.78 Å². The summed E-state index contributed by atoms with van der Waals surface area (Å²) in [4.78, 5) is 0. The molecule has 27 heavy (non-hydrogen) atoms. The molecule has 0 bridgehead atoms. The summed E-state index contributed by atoms with van der Waals surface area (Å²) < 4.78 is 47.2. The number of ether oxygens (including phenoxy) is 1. The highest BCUT2D eigenvalue weighted by atomic mass is 19.2. The van der Waals surface area contributed by atoms with E-state index in [1.165, 1.54) is 13.2 Å². The number of methoxy groups -OCH3 is 1. The molecule has 0 atom stereocenters.